The Morgan fingerprint density at radius 2 is 1.87 bits per heavy atom. The van der Waals surface area contributed by atoms with E-state index in [4.69, 9.17) is 32.7 Å². The second-order valence-corrected chi connectivity index (χ2v) is 9.89. The first kappa shape index (κ1) is 23.0. The van der Waals surface area contributed by atoms with E-state index in [0.29, 0.717) is 36.2 Å². The first-order chi connectivity index (χ1) is 14.3. The molecule has 3 rings (SSSR count). The number of amides is 1. The molecule has 0 aromatic heterocycles. The van der Waals surface area contributed by atoms with Crippen LogP contribution in [0.2, 0.25) is 10.0 Å². The van der Waals surface area contributed by atoms with Crippen LogP contribution in [0.4, 0.5) is 5.69 Å². The molecule has 2 N–H and O–H groups in total. The number of nitrogens with one attached hydrogen (secondary N) is 2. The van der Waals surface area contributed by atoms with E-state index in [1.165, 1.54) is 30.0 Å². The second-order valence-electron chi connectivity index (χ2n) is 6.38. The number of ether oxygens (including phenoxy) is 2. The van der Waals surface area contributed by atoms with Gasteiger partial charge >= 0.3 is 0 Å². The van der Waals surface area contributed by atoms with Crippen molar-refractivity contribution < 1.29 is 22.7 Å². The first-order valence-corrected chi connectivity index (χ1v) is 12.6. The molecule has 30 heavy (non-hydrogen) atoms. The SMILES string of the molecule is CSCCC(NS(=O)(=O)c1cc(Cl)ccc1Cl)C(=O)Nc1ccc2c(c1)OCCO2. The van der Waals surface area contributed by atoms with Crippen LogP contribution in [0.15, 0.2) is 41.3 Å². The van der Waals surface area contributed by atoms with Gasteiger partial charge < -0.3 is 14.8 Å². The Kier molecular flexibility index (Phi) is 7.75. The van der Waals surface area contributed by atoms with Crippen molar-refractivity contribution >= 4 is 56.6 Å². The minimum Gasteiger partial charge on any atom is -0.486 e. The van der Waals surface area contributed by atoms with Gasteiger partial charge in [0, 0.05) is 16.8 Å². The fraction of sp³-hybridized carbons (Fsp3) is 0.316. The molecule has 1 unspecified atom stereocenters. The maximum atomic E-state index is 12.9. The molecule has 1 amide bonds. The van der Waals surface area contributed by atoms with E-state index in [2.05, 4.69) is 10.0 Å². The quantitative estimate of drug-likeness (QED) is 0.584. The lowest BCUT2D eigenvalue weighted by atomic mass is 10.2. The summed E-state index contributed by atoms with van der Waals surface area (Å²) in [6.45, 7) is 0.879. The van der Waals surface area contributed by atoms with Crippen LogP contribution in [0.5, 0.6) is 11.5 Å². The molecule has 7 nitrogen and oxygen atoms in total. The number of rotatable bonds is 8. The Morgan fingerprint density at radius 1 is 1.13 bits per heavy atom. The molecule has 0 saturated carbocycles. The van der Waals surface area contributed by atoms with Crippen molar-refractivity contribution in [2.75, 3.05) is 30.5 Å². The zero-order chi connectivity index (χ0) is 21.7. The lowest BCUT2D eigenvalue weighted by molar-refractivity contribution is -0.117. The summed E-state index contributed by atoms with van der Waals surface area (Å²) in [4.78, 5) is 12.7. The molecule has 11 heteroatoms. The van der Waals surface area contributed by atoms with Gasteiger partial charge in [0.25, 0.3) is 0 Å². The van der Waals surface area contributed by atoms with Gasteiger partial charge in [-0.2, -0.15) is 16.5 Å². The van der Waals surface area contributed by atoms with Crippen molar-refractivity contribution in [3.8, 4) is 11.5 Å². The van der Waals surface area contributed by atoms with Gasteiger partial charge in [0.15, 0.2) is 11.5 Å². The average Bonchev–Trinajstić information content (AvgIpc) is 2.72. The van der Waals surface area contributed by atoms with Crippen LogP contribution < -0.4 is 19.5 Å². The zero-order valence-electron chi connectivity index (χ0n) is 16.0. The molecule has 0 spiro atoms. The van der Waals surface area contributed by atoms with Crippen LogP contribution >= 0.6 is 35.0 Å². The first-order valence-electron chi connectivity index (χ1n) is 8.97. The number of carbonyl (C=O) groups is 1. The maximum Gasteiger partial charge on any atom is 0.242 e. The lowest BCUT2D eigenvalue weighted by Gasteiger charge is -2.21. The summed E-state index contributed by atoms with van der Waals surface area (Å²) in [5.74, 6) is 1.19. The molecule has 162 valence electrons. The minimum atomic E-state index is -4.08. The Balaban J connectivity index is 1.79. The Morgan fingerprint density at radius 3 is 2.60 bits per heavy atom. The molecule has 0 radical (unpaired) electrons. The van der Waals surface area contributed by atoms with Crippen molar-refractivity contribution in [1.82, 2.24) is 4.72 Å². The number of halogens is 2. The number of benzene rings is 2. The highest BCUT2D eigenvalue weighted by molar-refractivity contribution is 7.98. The van der Waals surface area contributed by atoms with Crippen molar-refractivity contribution in [1.29, 1.82) is 0 Å². The van der Waals surface area contributed by atoms with Crippen LogP contribution in [0, 0.1) is 0 Å². The number of thioether (sulfide) groups is 1. The van der Waals surface area contributed by atoms with E-state index < -0.39 is 22.0 Å². The summed E-state index contributed by atoms with van der Waals surface area (Å²) in [6.07, 6.45) is 2.16. The van der Waals surface area contributed by atoms with Crippen LogP contribution in [-0.4, -0.2) is 45.6 Å². The molecule has 2 aromatic rings. The Labute approximate surface area is 189 Å². The van der Waals surface area contributed by atoms with Crippen LogP contribution in [-0.2, 0) is 14.8 Å². The highest BCUT2D eigenvalue weighted by atomic mass is 35.5. The van der Waals surface area contributed by atoms with Gasteiger partial charge in [0.2, 0.25) is 15.9 Å². The predicted molar refractivity (Wildman–Crippen MR) is 120 cm³/mol. The lowest BCUT2D eigenvalue weighted by Crippen LogP contribution is -2.44. The van der Waals surface area contributed by atoms with Gasteiger partial charge in [-0.1, -0.05) is 23.2 Å². The molecule has 1 heterocycles. The fourth-order valence-corrected chi connectivity index (χ4v) is 5.23. The van der Waals surface area contributed by atoms with E-state index in [0.717, 1.165) is 0 Å². The van der Waals surface area contributed by atoms with Crippen molar-refractivity contribution in [2.45, 2.75) is 17.4 Å². The molecule has 1 aliphatic heterocycles. The van der Waals surface area contributed by atoms with Crippen LogP contribution in [0.3, 0.4) is 0 Å². The van der Waals surface area contributed by atoms with E-state index in [1.807, 2.05) is 6.26 Å². The summed E-state index contributed by atoms with van der Waals surface area (Å²) >= 11 is 13.5. The molecular weight excluding hydrogens is 471 g/mol. The number of hydrogen-bond donors (Lipinski definition) is 2. The maximum absolute atomic E-state index is 12.9. The summed E-state index contributed by atoms with van der Waals surface area (Å²) in [6, 6.07) is 8.12. The van der Waals surface area contributed by atoms with Gasteiger partial charge in [-0.25, -0.2) is 8.42 Å². The summed E-state index contributed by atoms with van der Waals surface area (Å²) < 4.78 is 39.1. The topological polar surface area (TPSA) is 93.7 Å². The van der Waals surface area contributed by atoms with Gasteiger partial charge in [0.05, 0.1) is 5.02 Å². The van der Waals surface area contributed by atoms with E-state index >= 15 is 0 Å². The number of fused-ring (bicyclic) bond motifs is 1. The minimum absolute atomic E-state index is 0.0164. The molecule has 0 bridgehead atoms. The molecule has 0 saturated heterocycles. The standard InChI is InChI=1S/C19H20Cl2N2O5S2/c1-29-9-6-15(23-30(25,26)18-10-12(20)2-4-14(18)21)19(24)22-13-3-5-16-17(11-13)28-8-7-27-16/h2-5,10-11,15,23H,6-9H2,1H3,(H,22,24). The summed E-state index contributed by atoms with van der Waals surface area (Å²) in [5.41, 5.74) is 0.471. The largest absolute Gasteiger partial charge is 0.486 e. The smallest absolute Gasteiger partial charge is 0.242 e. The van der Waals surface area contributed by atoms with Crippen molar-refractivity contribution in [3.63, 3.8) is 0 Å². The molecular formula is C19H20Cl2N2O5S2. The fourth-order valence-electron chi connectivity index (χ4n) is 2.76. The summed E-state index contributed by atoms with van der Waals surface area (Å²) in [5, 5.41) is 2.97. The van der Waals surface area contributed by atoms with Gasteiger partial charge in [-0.05, 0) is 48.8 Å². The van der Waals surface area contributed by atoms with Gasteiger partial charge in [0.1, 0.15) is 24.2 Å². The van der Waals surface area contributed by atoms with Crippen molar-refractivity contribution in [3.05, 3.63) is 46.4 Å². The molecule has 2 aromatic carbocycles. The Bertz CT molecular complexity index is 1030. The third kappa shape index (κ3) is 5.73. The number of carbonyl (C=O) groups excluding carboxylic acids is 1. The Hall–Kier alpha value is -1.65. The molecule has 1 aliphatic rings. The molecule has 0 fully saturated rings. The van der Waals surface area contributed by atoms with Gasteiger partial charge in [-0.3, -0.25) is 4.79 Å². The van der Waals surface area contributed by atoms with E-state index in [1.54, 1.807) is 18.2 Å². The molecule has 0 aliphatic carbocycles. The van der Waals surface area contributed by atoms with Crippen LogP contribution in [0.25, 0.3) is 0 Å². The molecule has 1 atom stereocenters. The predicted octanol–water partition coefficient (Wildman–Crippen LogP) is 3.80. The monoisotopic (exact) mass is 490 g/mol. The number of sulfonamides is 1. The third-order valence-electron chi connectivity index (χ3n) is 4.22. The van der Waals surface area contributed by atoms with Gasteiger partial charge in [-0.15, -0.1) is 0 Å². The normalized spacial score (nSPS) is 14.2. The van der Waals surface area contributed by atoms with E-state index in [-0.39, 0.29) is 21.4 Å². The van der Waals surface area contributed by atoms with E-state index in [9.17, 15) is 13.2 Å². The van der Waals surface area contributed by atoms with Crippen molar-refractivity contribution in [2.24, 2.45) is 0 Å². The van der Waals surface area contributed by atoms with Crippen LogP contribution in [0.1, 0.15) is 6.42 Å². The highest BCUT2D eigenvalue weighted by Gasteiger charge is 2.27. The zero-order valence-corrected chi connectivity index (χ0v) is 19.1. The highest BCUT2D eigenvalue weighted by Crippen LogP contribution is 2.32. The summed E-state index contributed by atoms with van der Waals surface area (Å²) in [7, 11) is -4.08. The second kappa shape index (κ2) is 10.1. The average molecular weight is 491 g/mol. The third-order valence-corrected chi connectivity index (χ3v) is 7.05. The number of hydrogen-bond acceptors (Lipinski definition) is 6. The number of anilines is 1.